The van der Waals surface area contributed by atoms with Crippen molar-refractivity contribution in [3.05, 3.63) is 0 Å². The summed E-state index contributed by atoms with van der Waals surface area (Å²) in [7, 11) is 0. The minimum atomic E-state index is 0.116. The first-order chi connectivity index (χ1) is 15.6. The van der Waals surface area contributed by atoms with Crippen molar-refractivity contribution in [2.75, 3.05) is 26.2 Å². The second-order valence-electron chi connectivity index (χ2n) is 9.91. The van der Waals surface area contributed by atoms with Crippen molar-refractivity contribution >= 4 is 23.3 Å². The van der Waals surface area contributed by atoms with Crippen LogP contribution in [0.2, 0.25) is 0 Å². The van der Waals surface area contributed by atoms with E-state index in [0.29, 0.717) is 23.3 Å². The Hall–Kier alpha value is -2.52. The van der Waals surface area contributed by atoms with Crippen molar-refractivity contribution in [3.8, 4) is 0 Å². The van der Waals surface area contributed by atoms with Crippen LogP contribution in [0.4, 0.5) is 0 Å². The van der Waals surface area contributed by atoms with Crippen LogP contribution in [0.5, 0.6) is 0 Å². The van der Waals surface area contributed by atoms with Gasteiger partial charge in [0.15, 0.2) is 23.3 Å². The maximum atomic E-state index is 5.99. The Morgan fingerprint density at radius 1 is 0.636 bits per heavy atom. The topological polar surface area (TPSA) is 160 Å². The van der Waals surface area contributed by atoms with Gasteiger partial charge in [-0.1, -0.05) is 19.3 Å². The summed E-state index contributed by atoms with van der Waals surface area (Å²) >= 11 is 0. The number of amidine groups is 4. The molecule has 2 aliphatic rings. The lowest BCUT2D eigenvalue weighted by atomic mass is 9.87. The van der Waals surface area contributed by atoms with Gasteiger partial charge in [0.25, 0.3) is 0 Å². The molecule has 0 radical (unpaired) electrons. The van der Waals surface area contributed by atoms with Gasteiger partial charge >= 0.3 is 0 Å². The van der Waals surface area contributed by atoms with E-state index in [4.69, 9.17) is 22.9 Å². The Kier molecular flexibility index (Phi) is 10.7. The fraction of sp³-hybridized carbons (Fsp3) is 0.826. The third-order valence-corrected chi connectivity index (χ3v) is 6.22. The zero-order valence-corrected chi connectivity index (χ0v) is 21.1. The summed E-state index contributed by atoms with van der Waals surface area (Å²) < 4.78 is 0. The highest BCUT2D eigenvalue weighted by Crippen LogP contribution is 2.27. The number of hydrazone groups is 2. The van der Waals surface area contributed by atoms with Gasteiger partial charge in [-0.3, -0.25) is 20.0 Å². The van der Waals surface area contributed by atoms with Crippen molar-refractivity contribution < 1.29 is 0 Å². The van der Waals surface area contributed by atoms with E-state index in [9.17, 15) is 0 Å². The van der Waals surface area contributed by atoms with Gasteiger partial charge in [-0.15, -0.1) is 0 Å². The lowest BCUT2D eigenvalue weighted by Gasteiger charge is -2.32. The summed E-state index contributed by atoms with van der Waals surface area (Å²) in [4.78, 5) is 8.53. The normalized spacial score (nSPS) is 20.9. The van der Waals surface area contributed by atoms with Gasteiger partial charge in [-0.05, 0) is 65.2 Å². The number of hydrogen-bond donors (Lipinski definition) is 4. The highest BCUT2D eigenvalue weighted by molar-refractivity contribution is 6.39. The molecule has 0 saturated carbocycles. The summed E-state index contributed by atoms with van der Waals surface area (Å²) in [5.74, 6) is 2.86. The number of nitrogens with zero attached hydrogens (tertiary/aromatic N) is 6. The minimum Gasteiger partial charge on any atom is -0.381 e. The molecule has 2 aliphatic heterocycles. The third kappa shape index (κ3) is 9.88. The van der Waals surface area contributed by atoms with Crippen molar-refractivity contribution in [1.29, 1.82) is 0 Å². The average molecular weight is 463 g/mol. The van der Waals surface area contributed by atoms with Crippen LogP contribution in [0.3, 0.4) is 0 Å². The molecular weight excluding hydrogens is 416 g/mol. The standard InChI is InChI=1S/C23H46N10/c1-16(2)28-20(24)22(26)30-32-12-8-18(9-13-32)6-5-7-19-10-14-33(15-11-19)31-23(27)21(25)29-17(3)4/h16-19H,5-15H2,1-4H3,(H2,24,28)(H2,25,29)(H2,26,30)(H2,27,31). The molecule has 0 aromatic rings. The van der Waals surface area contributed by atoms with Crippen molar-refractivity contribution in [2.45, 2.75) is 84.7 Å². The van der Waals surface area contributed by atoms with Crippen LogP contribution >= 0.6 is 0 Å². The first kappa shape index (κ1) is 26.7. The van der Waals surface area contributed by atoms with Gasteiger partial charge in [0.05, 0.1) is 0 Å². The van der Waals surface area contributed by atoms with E-state index < -0.39 is 0 Å². The number of hydrogen-bond acceptors (Lipinski definition) is 6. The van der Waals surface area contributed by atoms with Gasteiger partial charge in [-0.2, -0.15) is 10.2 Å². The second-order valence-corrected chi connectivity index (χ2v) is 9.91. The highest BCUT2D eigenvalue weighted by Gasteiger charge is 2.21. The molecule has 0 aromatic heterocycles. The van der Waals surface area contributed by atoms with E-state index >= 15 is 0 Å². The van der Waals surface area contributed by atoms with E-state index in [1.165, 1.54) is 19.3 Å². The molecule has 0 atom stereocenters. The summed E-state index contributed by atoms with van der Waals surface area (Å²) in [6.45, 7) is 11.6. The van der Waals surface area contributed by atoms with Crippen molar-refractivity contribution in [2.24, 2.45) is 55.0 Å². The number of nitrogens with two attached hydrogens (primary N) is 4. The monoisotopic (exact) mass is 462 g/mol. The smallest absolute Gasteiger partial charge is 0.185 e. The molecule has 0 unspecified atom stereocenters. The van der Waals surface area contributed by atoms with Crippen molar-refractivity contribution in [1.82, 2.24) is 10.0 Å². The Labute approximate surface area is 199 Å². The molecule has 2 fully saturated rings. The zero-order valence-electron chi connectivity index (χ0n) is 21.1. The van der Waals surface area contributed by atoms with Crippen LogP contribution in [0.15, 0.2) is 20.2 Å². The molecule has 2 heterocycles. The Morgan fingerprint density at radius 2 is 0.970 bits per heavy atom. The lowest BCUT2D eigenvalue weighted by molar-refractivity contribution is 0.168. The number of piperidine rings is 2. The predicted molar refractivity (Wildman–Crippen MR) is 139 cm³/mol. The summed E-state index contributed by atoms with van der Waals surface area (Å²) in [6, 6.07) is 0.233. The number of rotatable bonds is 8. The molecule has 0 aliphatic carbocycles. The van der Waals surface area contributed by atoms with E-state index in [-0.39, 0.29) is 12.1 Å². The quantitative estimate of drug-likeness (QED) is 0.317. The minimum absolute atomic E-state index is 0.116. The first-order valence-electron chi connectivity index (χ1n) is 12.5. The van der Waals surface area contributed by atoms with Crippen LogP contribution in [0, 0.1) is 11.8 Å². The molecular formula is C23H46N10. The third-order valence-electron chi connectivity index (χ3n) is 6.22. The van der Waals surface area contributed by atoms with E-state index in [0.717, 1.165) is 63.7 Å². The van der Waals surface area contributed by atoms with Crippen LogP contribution in [0.25, 0.3) is 0 Å². The average Bonchev–Trinajstić information content (AvgIpc) is 2.75. The lowest BCUT2D eigenvalue weighted by Crippen LogP contribution is -2.38. The van der Waals surface area contributed by atoms with Crippen LogP contribution in [-0.2, 0) is 0 Å². The largest absolute Gasteiger partial charge is 0.381 e. The summed E-state index contributed by atoms with van der Waals surface area (Å²) in [5.41, 5.74) is 23.8. The molecule has 188 valence electrons. The molecule has 0 aromatic carbocycles. The van der Waals surface area contributed by atoms with Gasteiger partial charge in [0.1, 0.15) is 0 Å². The fourth-order valence-corrected chi connectivity index (χ4v) is 4.41. The van der Waals surface area contributed by atoms with Gasteiger partial charge in [-0.25, -0.2) is 0 Å². The molecule has 2 rings (SSSR count). The first-order valence-corrected chi connectivity index (χ1v) is 12.5. The van der Waals surface area contributed by atoms with E-state index in [2.05, 4.69) is 20.2 Å². The predicted octanol–water partition coefficient (Wildman–Crippen LogP) is 1.66. The molecule has 33 heavy (non-hydrogen) atoms. The molecule has 0 amide bonds. The van der Waals surface area contributed by atoms with Crippen molar-refractivity contribution in [3.63, 3.8) is 0 Å². The zero-order chi connectivity index (χ0) is 24.4. The fourth-order valence-electron chi connectivity index (χ4n) is 4.41. The van der Waals surface area contributed by atoms with E-state index in [1.807, 2.05) is 37.7 Å². The maximum absolute atomic E-state index is 5.99. The van der Waals surface area contributed by atoms with Crippen LogP contribution in [0.1, 0.15) is 72.6 Å². The Bertz CT molecular complexity index is 649. The summed E-state index contributed by atoms with van der Waals surface area (Å²) in [5, 5.41) is 13.0. The molecule has 0 bridgehead atoms. The van der Waals surface area contributed by atoms with Crippen LogP contribution in [-0.4, -0.2) is 71.6 Å². The SMILES string of the molecule is CC(C)N=C(N)C(N)=NN1CCC(CCCC2CCN(N=C(N)C(N)=NC(C)C)CC2)CC1. The molecule has 0 spiro atoms. The Morgan fingerprint density at radius 3 is 1.27 bits per heavy atom. The van der Waals surface area contributed by atoms with Gasteiger partial charge < -0.3 is 22.9 Å². The van der Waals surface area contributed by atoms with Gasteiger partial charge in [0.2, 0.25) is 0 Å². The molecule has 8 N–H and O–H groups in total. The second kappa shape index (κ2) is 13.3. The molecule has 10 heteroatoms. The number of aliphatic imine (C=N–C) groups is 2. The molecule has 10 nitrogen and oxygen atoms in total. The van der Waals surface area contributed by atoms with Gasteiger partial charge in [0, 0.05) is 38.3 Å². The van der Waals surface area contributed by atoms with Crippen LogP contribution < -0.4 is 22.9 Å². The molecule has 2 saturated heterocycles. The highest BCUT2D eigenvalue weighted by atomic mass is 15.5. The maximum Gasteiger partial charge on any atom is 0.185 e. The Balaban J connectivity index is 1.65. The summed E-state index contributed by atoms with van der Waals surface area (Å²) in [6.07, 6.45) is 8.49. The van der Waals surface area contributed by atoms with E-state index in [1.54, 1.807) is 0 Å².